The number of methoxy groups -OCH3 is 1. The number of nitrogens with one attached hydrogen (secondary N) is 1. The van der Waals surface area contributed by atoms with Crippen molar-refractivity contribution in [3.8, 4) is 0 Å². The number of rotatable bonds is 10. The Kier molecular flexibility index (Phi) is 8.23. The van der Waals surface area contributed by atoms with Crippen LogP contribution < -0.4 is 10.2 Å². The van der Waals surface area contributed by atoms with E-state index in [9.17, 15) is 9.59 Å². The first-order valence-electron chi connectivity index (χ1n) is 9.38. The van der Waals surface area contributed by atoms with E-state index in [0.29, 0.717) is 31.1 Å². The van der Waals surface area contributed by atoms with Gasteiger partial charge >= 0.3 is 0 Å². The van der Waals surface area contributed by atoms with Gasteiger partial charge in [0.05, 0.1) is 6.26 Å². The third-order valence-corrected chi connectivity index (χ3v) is 4.32. The standard InChI is InChI=1S/C21H30N4O4/c1-23(2)10-11-25(21(27)19-7-6-12-29-19)14-16-13-17(22-20(26)15-28-5)8-9-18(16)24(3)4/h6-9,12-13H,10-11,14-15H2,1-5H3,(H,22,26). The van der Waals surface area contributed by atoms with Gasteiger partial charge in [-0.05, 0) is 50.0 Å². The van der Waals surface area contributed by atoms with Gasteiger partial charge in [-0.25, -0.2) is 0 Å². The van der Waals surface area contributed by atoms with E-state index in [1.54, 1.807) is 17.0 Å². The monoisotopic (exact) mass is 402 g/mol. The lowest BCUT2D eigenvalue weighted by Gasteiger charge is -2.26. The summed E-state index contributed by atoms with van der Waals surface area (Å²) in [4.78, 5) is 30.6. The van der Waals surface area contributed by atoms with Gasteiger partial charge in [0.1, 0.15) is 6.61 Å². The highest BCUT2D eigenvalue weighted by Gasteiger charge is 2.20. The van der Waals surface area contributed by atoms with E-state index in [0.717, 1.165) is 11.3 Å². The molecular formula is C21H30N4O4. The molecule has 0 aliphatic carbocycles. The van der Waals surface area contributed by atoms with Crippen LogP contribution in [0.4, 0.5) is 11.4 Å². The minimum absolute atomic E-state index is 0.0172. The first-order chi connectivity index (χ1) is 13.8. The van der Waals surface area contributed by atoms with Crippen molar-refractivity contribution in [1.29, 1.82) is 0 Å². The summed E-state index contributed by atoms with van der Waals surface area (Å²) in [5.74, 6) is -0.0951. The normalized spacial score (nSPS) is 10.8. The molecule has 2 amide bonds. The number of amides is 2. The van der Waals surface area contributed by atoms with E-state index in [1.165, 1.54) is 13.4 Å². The molecule has 0 aliphatic heterocycles. The number of likely N-dealkylation sites (N-methyl/N-ethyl adjacent to an activating group) is 1. The lowest BCUT2D eigenvalue weighted by atomic mass is 10.1. The Hall–Kier alpha value is -2.84. The second-order valence-electron chi connectivity index (χ2n) is 7.23. The van der Waals surface area contributed by atoms with Gasteiger partial charge in [-0.2, -0.15) is 0 Å². The number of anilines is 2. The number of carbonyl (C=O) groups is 2. The number of hydrogen-bond donors (Lipinski definition) is 1. The number of ether oxygens (including phenoxy) is 1. The third-order valence-electron chi connectivity index (χ3n) is 4.32. The lowest BCUT2D eigenvalue weighted by Crippen LogP contribution is -2.36. The van der Waals surface area contributed by atoms with Gasteiger partial charge in [0.25, 0.3) is 5.91 Å². The molecule has 0 saturated heterocycles. The fourth-order valence-electron chi connectivity index (χ4n) is 2.89. The first kappa shape index (κ1) is 22.4. The van der Waals surface area contributed by atoms with E-state index < -0.39 is 0 Å². The topological polar surface area (TPSA) is 78.3 Å². The van der Waals surface area contributed by atoms with E-state index in [4.69, 9.17) is 9.15 Å². The number of carbonyl (C=O) groups excluding carboxylic acids is 2. The molecule has 1 aromatic heterocycles. The van der Waals surface area contributed by atoms with Crippen LogP contribution in [-0.4, -0.2) is 76.6 Å². The van der Waals surface area contributed by atoms with E-state index in [1.807, 2.05) is 56.2 Å². The van der Waals surface area contributed by atoms with Crippen LogP contribution >= 0.6 is 0 Å². The molecule has 2 aromatic rings. The quantitative estimate of drug-likeness (QED) is 0.656. The molecule has 0 atom stereocenters. The van der Waals surface area contributed by atoms with Crippen LogP contribution in [0.2, 0.25) is 0 Å². The zero-order valence-corrected chi connectivity index (χ0v) is 17.8. The molecule has 0 fully saturated rings. The second kappa shape index (κ2) is 10.6. The molecule has 0 unspecified atom stereocenters. The summed E-state index contributed by atoms with van der Waals surface area (Å²) in [5, 5.41) is 2.82. The van der Waals surface area contributed by atoms with E-state index in [2.05, 4.69) is 5.32 Å². The van der Waals surface area contributed by atoms with Crippen molar-refractivity contribution >= 4 is 23.2 Å². The van der Waals surface area contributed by atoms with Gasteiger partial charge < -0.3 is 29.2 Å². The molecule has 8 heteroatoms. The Morgan fingerprint density at radius 2 is 1.86 bits per heavy atom. The van der Waals surface area contributed by atoms with Crippen LogP contribution in [0.15, 0.2) is 41.0 Å². The molecule has 29 heavy (non-hydrogen) atoms. The molecular weight excluding hydrogens is 372 g/mol. The molecule has 2 rings (SSSR count). The Bertz CT molecular complexity index is 803. The molecule has 1 heterocycles. The van der Waals surface area contributed by atoms with Crippen LogP contribution in [0.5, 0.6) is 0 Å². The molecule has 8 nitrogen and oxygen atoms in total. The highest BCUT2D eigenvalue weighted by atomic mass is 16.5. The Balaban J connectivity index is 2.30. The molecule has 1 N–H and O–H groups in total. The van der Waals surface area contributed by atoms with Crippen LogP contribution in [0.3, 0.4) is 0 Å². The van der Waals surface area contributed by atoms with Crippen LogP contribution in [0.1, 0.15) is 16.1 Å². The van der Waals surface area contributed by atoms with Crippen LogP contribution in [0, 0.1) is 0 Å². The van der Waals surface area contributed by atoms with Crippen molar-refractivity contribution in [2.24, 2.45) is 0 Å². The van der Waals surface area contributed by atoms with Gasteiger partial charge in [0.2, 0.25) is 5.91 Å². The summed E-state index contributed by atoms with van der Waals surface area (Å²) >= 11 is 0. The van der Waals surface area contributed by atoms with Crippen molar-refractivity contribution in [3.05, 3.63) is 47.9 Å². The smallest absolute Gasteiger partial charge is 0.289 e. The van der Waals surface area contributed by atoms with Crippen molar-refractivity contribution in [2.75, 3.05) is 65.2 Å². The molecule has 1 aromatic carbocycles. The van der Waals surface area contributed by atoms with Crippen molar-refractivity contribution in [3.63, 3.8) is 0 Å². The van der Waals surface area contributed by atoms with Crippen molar-refractivity contribution in [1.82, 2.24) is 9.80 Å². The number of nitrogens with zero attached hydrogens (tertiary/aromatic N) is 3. The van der Waals surface area contributed by atoms with Crippen molar-refractivity contribution < 1.29 is 18.7 Å². The summed E-state index contributed by atoms with van der Waals surface area (Å²) in [5.41, 5.74) is 2.55. The molecule has 0 aliphatic rings. The first-order valence-corrected chi connectivity index (χ1v) is 9.38. The maximum atomic E-state index is 13.0. The Labute approximate surface area is 172 Å². The van der Waals surface area contributed by atoms with Gasteiger partial charge in [-0.3, -0.25) is 9.59 Å². The SMILES string of the molecule is COCC(=O)Nc1ccc(N(C)C)c(CN(CCN(C)C)C(=O)c2ccco2)c1. The second-order valence-corrected chi connectivity index (χ2v) is 7.23. The minimum Gasteiger partial charge on any atom is -0.459 e. The summed E-state index contributed by atoms with van der Waals surface area (Å²) in [6.45, 7) is 1.62. The maximum Gasteiger partial charge on any atom is 0.289 e. The maximum absolute atomic E-state index is 13.0. The fourth-order valence-corrected chi connectivity index (χ4v) is 2.89. The van der Waals surface area contributed by atoms with Gasteiger partial charge in [0, 0.05) is 52.2 Å². The Morgan fingerprint density at radius 1 is 1.10 bits per heavy atom. The number of benzene rings is 1. The van der Waals surface area contributed by atoms with Crippen molar-refractivity contribution in [2.45, 2.75) is 6.54 Å². The molecule has 0 bridgehead atoms. The predicted molar refractivity (Wildman–Crippen MR) is 113 cm³/mol. The highest BCUT2D eigenvalue weighted by Crippen LogP contribution is 2.25. The summed E-state index contributed by atoms with van der Waals surface area (Å²) < 4.78 is 10.2. The van der Waals surface area contributed by atoms with E-state index >= 15 is 0 Å². The number of furan rings is 1. The predicted octanol–water partition coefficient (Wildman–Crippen LogP) is 2.13. The lowest BCUT2D eigenvalue weighted by molar-refractivity contribution is -0.119. The summed E-state index contributed by atoms with van der Waals surface area (Å²) in [6.07, 6.45) is 1.49. The summed E-state index contributed by atoms with van der Waals surface area (Å²) in [7, 11) is 9.30. The fraction of sp³-hybridized carbons (Fsp3) is 0.429. The zero-order valence-electron chi connectivity index (χ0n) is 17.8. The third kappa shape index (κ3) is 6.62. The minimum atomic E-state index is -0.229. The molecule has 0 radical (unpaired) electrons. The van der Waals surface area contributed by atoms with Crippen LogP contribution in [0.25, 0.3) is 0 Å². The van der Waals surface area contributed by atoms with Gasteiger partial charge in [-0.15, -0.1) is 0 Å². The molecule has 158 valence electrons. The average molecular weight is 402 g/mol. The average Bonchev–Trinajstić information content (AvgIpc) is 3.19. The zero-order chi connectivity index (χ0) is 21.4. The number of hydrogen-bond acceptors (Lipinski definition) is 6. The van der Waals surface area contributed by atoms with Gasteiger partial charge in [0.15, 0.2) is 5.76 Å². The summed E-state index contributed by atoms with van der Waals surface area (Å²) in [6, 6.07) is 9.03. The molecule has 0 saturated carbocycles. The highest BCUT2D eigenvalue weighted by molar-refractivity contribution is 5.93. The van der Waals surface area contributed by atoms with Crippen LogP contribution in [-0.2, 0) is 16.1 Å². The Morgan fingerprint density at radius 3 is 2.45 bits per heavy atom. The molecule has 0 spiro atoms. The largest absolute Gasteiger partial charge is 0.459 e. The van der Waals surface area contributed by atoms with E-state index in [-0.39, 0.29) is 18.4 Å². The van der Waals surface area contributed by atoms with Gasteiger partial charge in [-0.1, -0.05) is 0 Å².